The topological polar surface area (TPSA) is 74.8 Å². The van der Waals surface area contributed by atoms with Gasteiger partial charge in [0.05, 0.1) is 5.39 Å². The lowest BCUT2D eigenvalue weighted by Crippen LogP contribution is -2.45. The Morgan fingerprint density at radius 2 is 1.92 bits per heavy atom. The number of rotatable bonds is 4. The van der Waals surface area contributed by atoms with Crippen LogP contribution in [-0.2, 0) is 5.41 Å². The summed E-state index contributed by atoms with van der Waals surface area (Å²) in [5.74, 6) is -0.265. The zero-order valence-corrected chi connectivity index (χ0v) is 15.7. The fraction of sp³-hybridized carbons (Fsp3) is 0.250. The van der Waals surface area contributed by atoms with E-state index in [4.69, 9.17) is 0 Å². The van der Waals surface area contributed by atoms with Gasteiger partial charge in [-0.15, -0.1) is 0 Å². The molecule has 2 aromatic carbocycles. The van der Waals surface area contributed by atoms with Gasteiger partial charge in [0, 0.05) is 21.8 Å². The van der Waals surface area contributed by atoms with Crippen LogP contribution in [0, 0.1) is 0 Å². The number of H-pyrrole nitrogens is 1. The maximum atomic E-state index is 12.7. The third kappa shape index (κ3) is 2.94. The summed E-state index contributed by atoms with van der Waals surface area (Å²) in [4.78, 5) is 24.6. The second kappa shape index (κ2) is 6.68. The van der Waals surface area contributed by atoms with E-state index < -0.39 is 0 Å². The summed E-state index contributed by atoms with van der Waals surface area (Å²) in [5.41, 5.74) is 1.17. The van der Waals surface area contributed by atoms with Crippen LogP contribution in [0.3, 0.4) is 0 Å². The van der Waals surface area contributed by atoms with Crippen molar-refractivity contribution in [3.05, 3.63) is 74.6 Å². The lowest BCUT2D eigenvalue weighted by molar-refractivity contribution is 0.0923. The molecule has 5 nitrogen and oxygen atoms in total. The molecule has 1 saturated carbocycles. The van der Waals surface area contributed by atoms with Crippen LogP contribution in [-0.4, -0.2) is 22.6 Å². The first kappa shape index (κ1) is 17.0. The summed E-state index contributed by atoms with van der Waals surface area (Å²) in [5, 5.41) is 10.5. The van der Waals surface area contributed by atoms with E-state index in [0.717, 1.165) is 23.7 Å². The third-order valence-electron chi connectivity index (χ3n) is 5.25. The Hall–Kier alpha value is -2.47. The molecule has 0 radical (unpaired) electrons. The van der Waals surface area contributed by atoms with Gasteiger partial charge in [0.1, 0.15) is 0 Å². The molecule has 4 rings (SSSR count). The number of carbonyl (C=O) groups excluding carboxylic acids is 1. The molecule has 1 aliphatic rings. The molecule has 1 aromatic heterocycles. The van der Waals surface area contributed by atoms with E-state index in [0.29, 0.717) is 17.3 Å². The molecule has 6 heteroatoms. The van der Waals surface area contributed by atoms with Crippen molar-refractivity contribution < 1.29 is 4.79 Å². The standard InChI is InChI=1S/C20H18BrN3O2/c21-14-6-3-5-13(11-14)20(9-4-10-20)12-22-19(26)17-15-7-1-2-8-16(15)18(25)24-23-17/h1-3,5-8,11H,4,9-10,12H2,(H,22,26)(H,24,25). The zero-order valence-electron chi connectivity index (χ0n) is 14.1. The van der Waals surface area contributed by atoms with E-state index >= 15 is 0 Å². The van der Waals surface area contributed by atoms with Crippen LogP contribution in [0.2, 0.25) is 0 Å². The van der Waals surface area contributed by atoms with Crippen molar-refractivity contribution in [2.75, 3.05) is 6.54 Å². The Bertz CT molecular complexity index is 1040. The molecule has 1 heterocycles. The smallest absolute Gasteiger partial charge is 0.272 e. The first-order valence-electron chi connectivity index (χ1n) is 8.61. The highest BCUT2D eigenvalue weighted by Crippen LogP contribution is 2.43. The number of fused-ring (bicyclic) bond motifs is 1. The number of nitrogens with one attached hydrogen (secondary N) is 2. The summed E-state index contributed by atoms with van der Waals surface area (Å²) < 4.78 is 1.04. The van der Waals surface area contributed by atoms with Crippen LogP contribution in [0.1, 0.15) is 35.3 Å². The van der Waals surface area contributed by atoms with Crippen LogP contribution in [0.25, 0.3) is 10.8 Å². The zero-order chi connectivity index (χ0) is 18.1. The highest BCUT2D eigenvalue weighted by molar-refractivity contribution is 9.10. The lowest BCUT2D eigenvalue weighted by atomic mass is 9.64. The maximum absolute atomic E-state index is 12.7. The minimum Gasteiger partial charge on any atom is -0.350 e. The van der Waals surface area contributed by atoms with Gasteiger partial charge in [-0.3, -0.25) is 9.59 Å². The van der Waals surface area contributed by atoms with Crippen LogP contribution in [0.4, 0.5) is 0 Å². The van der Waals surface area contributed by atoms with Crippen molar-refractivity contribution in [3.63, 3.8) is 0 Å². The van der Waals surface area contributed by atoms with E-state index in [9.17, 15) is 9.59 Å². The van der Waals surface area contributed by atoms with Crippen molar-refractivity contribution in [1.29, 1.82) is 0 Å². The van der Waals surface area contributed by atoms with Gasteiger partial charge in [0.25, 0.3) is 11.5 Å². The van der Waals surface area contributed by atoms with Gasteiger partial charge in [-0.05, 0) is 36.6 Å². The molecule has 0 aliphatic heterocycles. The third-order valence-corrected chi connectivity index (χ3v) is 5.74. The SMILES string of the molecule is O=C(NCC1(c2cccc(Br)c2)CCC1)c1n[nH]c(=O)c2ccccc12. The number of nitrogens with zero attached hydrogens (tertiary/aromatic N) is 1. The van der Waals surface area contributed by atoms with E-state index in [1.807, 2.05) is 12.1 Å². The molecule has 0 bridgehead atoms. The Kier molecular flexibility index (Phi) is 4.36. The molecular weight excluding hydrogens is 394 g/mol. The largest absolute Gasteiger partial charge is 0.350 e. The van der Waals surface area contributed by atoms with Crippen molar-refractivity contribution in [2.45, 2.75) is 24.7 Å². The summed E-state index contributed by atoms with van der Waals surface area (Å²) in [6, 6.07) is 15.3. The molecule has 0 saturated heterocycles. The molecule has 1 aliphatic carbocycles. The number of aromatic nitrogens is 2. The predicted octanol–water partition coefficient (Wildman–Crippen LogP) is 3.54. The highest BCUT2D eigenvalue weighted by Gasteiger charge is 2.39. The number of amides is 1. The van der Waals surface area contributed by atoms with Gasteiger partial charge in [0.2, 0.25) is 0 Å². The minimum absolute atomic E-state index is 0.0303. The Morgan fingerprint density at radius 1 is 1.15 bits per heavy atom. The number of carbonyl (C=O) groups is 1. The average Bonchev–Trinajstić information content (AvgIpc) is 2.61. The first-order chi connectivity index (χ1) is 12.6. The van der Waals surface area contributed by atoms with Crippen molar-refractivity contribution in [2.24, 2.45) is 0 Å². The molecule has 1 amide bonds. The van der Waals surface area contributed by atoms with Gasteiger partial charge < -0.3 is 5.32 Å². The van der Waals surface area contributed by atoms with Crippen LogP contribution in [0.5, 0.6) is 0 Å². The number of aromatic amines is 1. The Labute approximate surface area is 159 Å². The van der Waals surface area contributed by atoms with E-state index in [1.165, 1.54) is 5.56 Å². The molecule has 26 heavy (non-hydrogen) atoms. The number of halogens is 1. The Balaban J connectivity index is 1.59. The minimum atomic E-state index is -0.290. The van der Waals surface area contributed by atoms with Crippen LogP contribution in [0.15, 0.2) is 57.8 Å². The molecule has 3 aromatic rings. The molecular formula is C20H18BrN3O2. The Morgan fingerprint density at radius 3 is 2.62 bits per heavy atom. The molecule has 1 fully saturated rings. The van der Waals surface area contributed by atoms with Gasteiger partial charge >= 0.3 is 0 Å². The summed E-state index contributed by atoms with van der Waals surface area (Å²) >= 11 is 3.53. The fourth-order valence-electron chi connectivity index (χ4n) is 3.61. The number of hydrogen-bond acceptors (Lipinski definition) is 3. The average molecular weight is 412 g/mol. The molecule has 0 atom stereocenters. The molecule has 0 unspecified atom stereocenters. The monoisotopic (exact) mass is 411 g/mol. The van der Waals surface area contributed by atoms with Crippen LogP contribution >= 0.6 is 15.9 Å². The summed E-state index contributed by atoms with van der Waals surface area (Å²) in [6.07, 6.45) is 3.25. The summed E-state index contributed by atoms with van der Waals surface area (Å²) in [7, 11) is 0. The summed E-state index contributed by atoms with van der Waals surface area (Å²) in [6.45, 7) is 0.553. The van der Waals surface area contributed by atoms with Gasteiger partial charge in [0.15, 0.2) is 5.69 Å². The highest BCUT2D eigenvalue weighted by atomic mass is 79.9. The number of hydrogen-bond donors (Lipinski definition) is 2. The molecule has 132 valence electrons. The second-order valence-electron chi connectivity index (χ2n) is 6.77. The predicted molar refractivity (Wildman–Crippen MR) is 104 cm³/mol. The van der Waals surface area contributed by atoms with Gasteiger partial charge in [-0.1, -0.05) is 52.7 Å². The number of benzene rings is 2. The lowest BCUT2D eigenvalue weighted by Gasteiger charge is -2.42. The van der Waals surface area contributed by atoms with E-state index in [-0.39, 0.29) is 22.6 Å². The van der Waals surface area contributed by atoms with E-state index in [2.05, 4.69) is 43.6 Å². The maximum Gasteiger partial charge on any atom is 0.272 e. The normalized spacial score (nSPS) is 15.4. The van der Waals surface area contributed by atoms with Gasteiger partial charge in [-0.25, -0.2) is 5.10 Å². The molecule has 2 N–H and O–H groups in total. The van der Waals surface area contributed by atoms with Crippen molar-refractivity contribution in [1.82, 2.24) is 15.5 Å². The quantitative estimate of drug-likeness (QED) is 0.689. The molecule has 0 spiro atoms. The second-order valence-corrected chi connectivity index (χ2v) is 7.69. The van der Waals surface area contributed by atoms with Crippen molar-refractivity contribution in [3.8, 4) is 0 Å². The van der Waals surface area contributed by atoms with Crippen molar-refractivity contribution >= 4 is 32.6 Å². The van der Waals surface area contributed by atoms with Crippen LogP contribution < -0.4 is 10.9 Å². The van der Waals surface area contributed by atoms with Gasteiger partial charge in [-0.2, -0.15) is 5.10 Å². The van der Waals surface area contributed by atoms with E-state index in [1.54, 1.807) is 24.3 Å². The first-order valence-corrected chi connectivity index (χ1v) is 9.40. The fourth-order valence-corrected chi connectivity index (χ4v) is 4.01.